The maximum atomic E-state index is 13.4. The quantitative estimate of drug-likeness (QED) is 0.375. The number of fused-ring (bicyclic) bond motifs is 1. The van der Waals surface area contributed by atoms with Crippen molar-refractivity contribution in [3.63, 3.8) is 0 Å². The van der Waals surface area contributed by atoms with E-state index in [0.717, 1.165) is 23.4 Å². The molecule has 1 fully saturated rings. The second-order valence-corrected chi connectivity index (χ2v) is 9.32. The predicted molar refractivity (Wildman–Crippen MR) is 133 cm³/mol. The number of hydrogen-bond donors (Lipinski definition) is 2. The van der Waals surface area contributed by atoms with E-state index in [0.29, 0.717) is 35.9 Å². The van der Waals surface area contributed by atoms with Gasteiger partial charge in [-0.15, -0.1) is 11.3 Å². The van der Waals surface area contributed by atoms with E-state index in [1.54, 1.807) is 46.6 Å². The minimum atomic E-state index is -0.425. The molecule has 0 bridgehead atoms. The van der Waals surface area contributed by atoms with Crippen molar-refractivity contribution in [2.24, 2.45) is 0 Å². The summed E-state index contributed by atoms with van der Waals surface area (Å²) in [6.07, 6.45) is 1.73. The van der Waals surface area contributed by atoms with Crippen LogP contribution in [0.4, 0.5) is 20.6 Å². The molecule has 4 aromatic rings. The Kier molecular flexibility index (Phi) is 6.22. The molecule has 172 valence electrons. The van der Waals surface area contributed by atoms with Gasteiger partial charge in [-0.05, 0) is 61.4 Å². The number of para-hydroxylation sites is 1. The third kappa shape index (κ3) is 4.92. The van der Waals surface area contributed by atoms with Crippen LogP contribution in [0.2, 0.25) is 0 Å². The van der Waals surface area contributed by atoms with Crippen LogP contribution in [0.15, 0.2) is 72.8 Å². The van der Waals surface area contributed by atoms with Gasteiger partial charge in [0.25, 0.3) is 5.91 Å². The lowest BCUT2D eigenvalue weighted by Gasteiger charge is -2.31. The maximum absolute atomic E-state index is 13.4. The number of thiazole rings is 1. The number of carbonyl (C=O) groups is 2. The molecular weight excluding hydrogens is 451 g/mol. The van der Waals surface area contributed by atoms with Gasteiger partial charge in [0.1, 0.15) is 5.82 Å². The lowest BCUT2D eigenvalue weighted by atomic mass is 9.98. The van der Waals surface area contributed by atoms with Gasteiger partial charge in [0.15, 0.2) is 0 Å². The molecule has 2 heterocycles. The van der Waals surface area contributed by atoms with Gasteiger partial charge >= 0.3 is 6.03 Å². The molecule has 0 atom stereocenters. The summed E-state index contributed by atoms with van der Waals surface area (Å²) >= 11 is 1.73. The molecule has 34 heavy (non-hydrogen) atoms. The molecule has 0 spiro atoms. The topological polar surface area (TPSA) is 74.3 Å². The van der Waals surface area contributed by atoms with E-state index in [1.807, 2.05) is 18.2 Å². The molecule has 1 aliphatic rings. The van der Waals surface area contributed by atoms with Gasteiger partial charge in [0.05, 0.1) is 15.2 Å². The summed E-state index contributed by atoms with van der Waals surface area (Å²) in [5.41, 5.74) is 2.31. The Morgan fingerprint density at radius 3 is 2.41 bits per heavy atom. The maximum Gasteiger partial charge on any atom is 0.321 e. The van der Waals surface area contributed by atoms with E-state index in [-0.39, 0.29) is 11.9 Å². The molecule has 6 nitrogen and oxygen atoms in total. The number of nitrogens with one attached hydrogen (secondary N) is 2. The van der Waals surface area contributed by atoms with Crippen LogP contribution in [0.5, 0.6) is 0 Å². The second kappa shape index (κ2) is 9.61. The van der Waals surface area contributed by atoms with Crippen molar-refractivity contribution in [3.05, 3.63) is 89.2 Å². The Balaban J connectivity index is 1.18. The normalized spacial score (nSPS) is 14.2. The summed E-state index contributed by atoms with van der Waals surface area (Å²) in [5.74, 6) is -0.444. The minimum Gasteiger partial charge on any atom is -0.324 e. The van der Waals surface area contributed by atoms with E-state index in [9.17, 15) is 14.0 Å². The molecule has 3 amide bonds. The first-order chi connectivity index (χ1) is 16.5. The van der Waals surface area contributed by atoms with E-state index in [4.69, 9.17) is 4.98 Å². The third-order valence-electron chi connectivity index (χ3n) is 5.90. The number of piperidine rings is 1. The van der Waals surface area contributed by atoms with Crippen LogP contribution in [0.1, 0.15) is 34.1 Å². The van der Waals surface area contributed by atoms with Gasteiger partial charge in [-0.1, -0.05) is 24.3 Å². The summed E-state index contributed by atoms with van der Waals surface area (Å²) in [7, 11) is 0. The van der Waals surface area contributed by atoms with Crippen LogP contribution in [0.3, 0.4) is 0 Å². The third-order valence-corrected chi connectivity index (χ3v) is 7.10. The standard InChI is InChI=1S/C26H23FN4O2S/c27-19-6-4-8-21(16-19)28-24(32)18-5-3-7-20(15-18)29-26(33)31-13-11-17(12-14-31)25-30-22-9-1-2-10-23(22)34-25/h1-10,15-17H,11-14H2,(H,28,32)(H,29,33). The average molecular weight is 475 g/mol. The number of benzene rings is 3. The molecule has 0 saturated carbocycles. The molecule has 8 heteroatoms. The van der Waals surface area contributed by atoms with E-state index >= 15 is 0 Å². The van der Waals surface area contributed by atoms with Crippen LogP contribution < -0.4 is 10.6 Å². The summed E-state index contributed by atoms with van der Waals surface area (Å²) in [6.45, 7) is 1.29. The smallest absolute Gasteiger partial charge is 0.321 e. The highest BCUT2D eigenvalue weighted by Gasteiger charge is 2.26. The van der Waals surface area contributed by atoms with Crippen molar-refractivity contribution in [1.29, 1.82) is 0 Å². The van der Waals surface area contributed by atoms with E-state index in [2.05, 4.69) is 16.7 Å². The monoisotopic (exact) mass is 474 g/mol. The number of anilines is 2. The van der Waals surface area contributed by atoms with Crippen LogP contribution in [0.25, 0.3) is 10.2 Å². The SMILES string of the molecule is O=C(Nc1cccc(F)c1)c1cccc(NC(=O)N2CCC(c3nc4ccccc4s3)CC2)c1. The number of likely N-dealkylation sites (tertiary alicyclic amines) is 1. The van der Waals surface area contributed by atoms with Gasteiger partial charge in [-0.3, -0.25) is 4.79 Å². The fraction of sp³-hybridized carbons (Fsp3) is 0.192. The highest BCUT2D eigenvalue weighted by molar-refractivity contribution is 7.18. The van der Waals surface area contributed by atoms with Crippen molar-refractivity contribution in [2.75, 3.05) is 23.7 Å². The van der Waals surface area contributed by atoms with Crippen LogP contribution >= 0.6 is 11.3 Å². The highest BCUT2D eigenvalue weighted by atomic mass is 32.1. The largest absolute Gasteiger partial charge is 0.324 e. The molecule has 3 aromatic carbocycles. The Bertz CT molecular complexity index is 1310. The Labute approximate surface area is 200 Å². The summed E-state index contributed by atoms with van der Waals surface area (Å²) < 4.78 is 14.6. The molecule has 0 unspecified atom stereocenters. The molecule has 5 rings (SSSR count). The molecule has 1 aromatic heterocycles. The summed E-state index contributed by atoms with van der Waals surface area (Å²) in [5, 5.41) is 6.69. The number of nitrogens with zero attached hydrogens (tertiary/aromatic N) is 2. The van der Waals surface area contributed by atoms with Crippen molar-refractivity contribution in [2.45, 2.75) is 18.8 Å². The number of halogens is 1. The van der Waals surface area contributed by atoms with Crippen molar-refractivity contribution < 1.29 is 14.0 Å². The van der Waals surface area contributed by atoms with Gasteiger partial charge in [-0.25, -0.2) is 14.2 Å². The zero-order chi connectivity index (χ0) is 23.5. The van der Waals surface area contributed by atoms with Gasteiger partial charge in [0.2, 0.25) is 0 Å². The summed E-state index contributed by atoms with van der Waals surface area (Å²) in [6, 6.07) is 20.4. The molecule has 2 N–H and O–H groups in total. The van der Waals surface area contributed by atoms with E-state index < -0.39 is 5.82 Å². The van der Waals surface area contributed by atoms with Crippen LogP contribution in [0, 0.1) is 5.82 Å². The molecule has 1 aliphatic heterocycles. The van der Waals surface area contributed by atoms with Gasteiger partial charge < -0.3 is 15.5 Å². The van der Waals surface area contributed by atoms with Gasteiger partial charge in [-0.2, -0.15) is 0 Å². The number of urea groups is 1. The average Bonchev–Trinajstić information content (AvgIpc) is 3.29. The minimum absolute atomic E-state index is 0.189. The van der Waals surface area contributed by atoms with Crippen LogP contribution in [-0.4, -0.2) is 34.9 Å². The predicted octanol–water partition coefficient (Wildman–Crippen LogP) is 6.10. The number of aromatic nitrogens is 1. The van der Waals surface area contributed by atoms with Crippen molar-refractivity contribution in [3.8, 4) is 0 Å². The lowest BCUT2D eigenvalue weighted by molar-refractivity contribution is 0.102. The molecule has 0 aliphatic carbocycles. The van der Waals surface area contributed by atoms with Crippen LogP contribution in [-0.2, 0) is 0 Å². The first-order valence-corrected chi connectivity index (χ1v) is 12.0. The van der Waals surface area contributed by atoms with Crippen molar-refractivity contribution >= 4 is 44.9 Å². The van der Waals surface area contributed by atoms with Gasteiger partial charge in [0, 0.05) is 35.9 Å². The zero-order valence-corrected chi connectivity index (χ0v) is 19.1. The Morgan fingerprint density at radius 1 is 0.912 bits per heavy atom. The fourth-order valence-corrected chi connectivity index (χ4v) is 5.24. The number of hydrogen-bond acceptors (Lipinski definition) is 4. The van der Waals surface area contributed by atoms with E-state index in [1.165, 1.54) is 22.9 Å². The second-order valence-electron chi connectivity index (χ2n) is 8.26. The first-order valence-electron chi connectivity index (χ1n) is 11.1. The highest BCUT2D eigenvalue weighted by Crippen LogP contribution is 2.34. The molecule has 1 saturated heterocycles. The first kappa shape index (κ1) is 22.0. The zero-order valence-electron chi connectivity index (χ0n) is 18.3. The fourth-order valence-electron chi connectivity index (χ4n) is 4.10. The number of carbonyl (C=O) groups excluding carboxylic acids is 2. The number of rotatable bonds is 4. The number of amides is 3. The van der Waals surface area contributed by atoms with Crippen molar-refractivity contribution in [1.82, 2.24) is 9.88 Å². The lowest BCUT2D eigenvalue weighted by Crippen LogP contribution is -2.40. The molecule has 0 radical (unpaired) electrons. The molecular formula is C26H23FN4O2S. The Morgan fingerprint density at radius 2 is 1.65 bits per heavy atom. The summed E-state index contributed by atoms with van der Waals surface area (Å²) in [4.78, 5) is 31.9. The Hall–Kier alpha value is -3.78.